The van der Waals surface area contributed by atoms with E-state index in [4.69, 9.17) is 20.2 Å². The van der Waals surface area contributed by atoms with Gasteiger partial charge in [0.25, 0.3) is 0 Å². The summed E-state index contributed by atoms with van der Waals surface area (Å²) in [6, 6.07) is 2.85. The van der Waals surface area contributed by atoms with E-state index >= 15 is 0 Å². The minimum Gasteiger partial charge on any atom is -0.481 e. The van der Waals surface area contributed by atoms with Crippen molar-refractivity contribution < 1.29 is 126 Å². The van der Waals surface area contributed by atoms with E-state index < -0.39 is 84.9 Å². The van der Waals surface area contributed by atoms with E-state index in [1.807, 2.05) is 24.3 Å². The first-order chi connectivity index (χ1) is 41.0. The second kappa shape index (κ2) is 40.6. The zero-order chi connectivity index (χ0) is 63.0. The molecule has 3 atom stereocenters. The number of aliphatic carboxylic acids is 8. The number of carbonyl (C=O) groups is 10. The Morgan fingerprint density at radius 3 is 1.63 bits per heavy atom. The Balaban J connectivity index is 0.0000198. The molecular weight excluding hydrogens is 1310 g/mol. The zero-order valence-electron chi connectivity index (χ0n) is 48.7. The van der Waals surface area contributed by atoms with Gasteiger partial charge < -0.3 is 72.3 Å². The van der Waals surface area contributed by atoms with Gasteiger partial charge in [-0.15, -0.1) is 0 Å². The summed E-state index contributed by atoms with van der Waals surface area (Å²) < 4.78 is 0. The third-order valence-corrected chi connectivity index (χ3v) is 14.7. The maximum Gasteiger partial charge on any atom is 0.326 e. The van der Waals surface area contributed by atoms with Crippen molar-refractivity contribution in [3.63, 3.8) is 0 Å². The van der Waals surface area contributed by atoms with Crippen molar-refractivity contribution in [2.24, 2.45) is 5.92 Å². The molecule has 3 amide bonds. The smallest absolute Gasteiger partial charge is 0.326 e. The van der Waals surface area contributed by atoms with Crippen LogP contribution < -0.4 is 31.5 Å². The normalized spacial score (nSPS) is 16.6. The number of unbranched alkanes of at least 4 members (excludes halogenated alkanes) is 5. The summed E-state index contributed by atoms with van der Waals surface area (Å²) in [5.74, 6) is -8.02. The van der Waals surface area contributed by atoms with Crippen LogP contribution >= 0.6 is 0 Å². The van der Waals surface area contributed by atoms with Crippen LogP contribution in [0, 0.1) is 42.8 Å². The molecule has 31 nitrogen and oxygen atoms in total. The van der Waals surface area contributed by atoms with E-state index in [0.29, 0.717) is 75.2 Å². The van der Waals surface area contributed by atoms with Crippen LogP contribution in [0.2, 0.25) is 0 Å². The van der Waals surface area contributed by atoms with Gasteiger partial charge in [-0.25, -0.2) is 14.4 Å². The summed E-state index contributed by atoms with van der Waals surface area (Å²) in [5, 5.41) is 89.6. The van der Waals surface area contributed by atoms with Crippen LogP contribution in [0.15, 0.2) is 24.3 Å². The van der Waals surface area contributed by atoms with Gasteiger partial charge in [-0.3, -0.25) is 53.2 Å². The average molecular weight is 1390 g/mol. The molecular formula is C55H85LuN13O18. The Morgan fingerprint density at radius 2 is 1.05 bits per heavy atom. The first-order valence-corrected chi connectivity index (χ1v) is 29.1. The van der Waals surface area contributed by atoms with E-state index in [2.05, 4.69) is 36.5 Å². The van der Waals surface area contributed by atoms with Gasteiger partial charge in [0, 0.05) is 140 Å². The van der Waals surface area contributed by atoms with Crippen LogP contribution in [0.1, 0.15) is 108 Å². The van der Waals surface area contributed by atoms with Crippen molar-refractivity contribution in [3.8, 4) is 0 Å². The molecule has 3 heterocycles. The molecule has 2 aliphatic heterocycles. The molecule has 1 aromatic heterocycles. The molecule has 0 saturated carbocycles. The number of hydrogen-bond acceptors (Lipinski definition) is 20. The number of carboxylic acids is 8. The standard InChI is InChI=1S/C55H85N13O18.Lu/c69-43(56-21-7-5-10-41(50(82)83)59-55(86)60-42(51(84)85)17-18-45(72)73)11-4-2-1-3-6-22-57-52-61-53(63-54(62-52)67-23-19-37(20-24-67)9-8-12-44(70)71)58-39-15-13-38(14-16-39)31-40-32-66(35-48(78)79)28-27-64(33-46(74)75)25-26-65(34-47(76)77)29-30-68(40)36-49(80)81;/h13-16,37,40-42H,1-12,17-36H2,(H,56,69)(H,70,71)(H,72,73)(H,74,75)(H,76,77)(H,78,79)(H,80,81)(H,82,83)(H,84,85)(H2,59,60,86)(H2,57,58,61,62,63);/t40?,41-,42-;/m0./s1. The van der Waals surface area contributed by atoms with Gasteiger partial charge in [-0.2, -0.15) is 15.0 Å². The number of aromatic nitrogens is 3. The summed E-state index contributed by atoms with van der Waals surface area (Å²) in [7, 11) is 0. The maximum absolute atomic E-state index is 12.5. The molecule has 1 unspecified atom stereocenters. The van der Waals surface area contributed by atoms with Crippen molar-refractivity contribution in [1.82, 2.24) is 50.5 Å². The topological polar surface area (TPSA) is 448 Å². The van der Waals surface area contributed by atoms with Gasteiger partial charge >= 0.3 is 53.8 Å². The van der Waals surface area contributed by atoms with E-state index in [-0.39, 0.29) is 146 Å². The first kappa shape index (κ1) is 74.5. The minimum absolute atomic E-state index is 0. The van der Waals surface area contributed by atoms with Crippen LogP contribution in [0.4, 0.5) is 28.3 Å². The quantitative estimate of drug-likeness (QED) is 0.0425. The fourth-order valence-corrected chi connectivity index (χ4v) is 10.2. The molecule has 493 valence electrons. The largest absolute Gasteiger partial charge is 0.481 e. The van der Waals surface area contributed by atoms with Crippen LogP contribution in [-0.4, -0.2) is 251 Å². The summed E-state index contributed by atoms with van der Waals surface area (Å²) >= 11 is 0. The number of hydrogen-bond donors (Lipinski definition) is 13. The molecule has 0 bridgehead atoms. The predicted octanol–water partition coefficient (Wildman–Crippen LogP) is 1.67. The van der Waals surface area contributed by atoms with Crippen molar-refractivity contribution in [2.45, 2.75) is 127 Å². The van der Waals surface area contributed by atoms with E-state index in [9.17, 15) is 78.6 Å². The molecule has 2 saturated heterocycles. The number of urea groups is 1. The Hall–Kier alpha value is -6.80. The Morgan fingerprint density at radius 1 is 0.517 bits per heavy atom. The molecule has 2 aliphatic rings. The molecule has 1 radical (unpaired) electrons. The SMILES string of the molecule is O=C(O)CCCC1CCN(c2nc(NCCCCCCCC(=O)NCCCC[C@H](NC(=O)N[C@@H](CCC(=O)O)C(=O)O)C(=O)O)nc(Nc3ccc(CC4CN(CC(=O)O)CCN(CC(=O)O)CCN(CC(=O)O)CCN4CC(=O)O)cc3)n2)CC1.[Lu]. The predicted molar refractivity (Wildman–Crippen MR) is 309 cm³/mol. The first-order valence-electron chi connectivity index (χ1n) is 29.1. The zero-order valence-corrected chi connectivity index (χ0v) is 50.4. The monoisotopic (exact) mass is 1390 g/mol. The fourth-order valence-electron chi connectivity index (χ4n) is 10.2. The van der Waals surface area contributed by atoms with Crippen molar-refractivity contribution in [3.05, 3.63) is 29.8 Å². The van der Waals surface area contributed by atoms with Crippen LogP contribution in [-0.2, 0) is 49.6 Å². The van der Waals surface area contributed by atoms with Crippen molar-refractivity contribution in [1.29, 1.82) is 0 Å². The summed E-state index contributed by atoms with van der Waals surface area (Å²) in [5.41, 5.74) is 1.41. The number of carbonyl (C=O) groups excluding carboxylic acids is 2. The van der Waals surface area contributed by atoms with E-state index in [0.717, 1.165) is 50.5 Å². The van der Waals surface area contributed by atoms with Gasteiger partial charge in [0.1, 0.15) is 12.1 Å². The molecule has 2 fully saturated rings. The van der Waals surface area contributed by atoms with Gasteiger partial charge in [-0.1, -0.05) is 31.4 Å². The second-order valence-electron chi connectivity index (χ2n) is 21.6. The summed E-state index contributed by atoms with van der Waals surface area (Å²) in [4.78, 5) is 141. The molecule has 0 spiro atoms. The van der Waals surface area contributed by atoms with Gasteiger partial charge in [-0.05, 0) is 94.2 Å². The van der Waals surface area contributed by atoms with E-state index in [1.54, 1.807) is 19.6 Å². The van der Waals surface area contributed by atoms with Gasteiger partial charge in [0.15, 0.2) is 0 Å². The van der Waals surface area contributed by atoms with E-state index in [1.165, 1.54) is 0 Å². The van der Waals surface area contributed by atoms with Crippen LogP contribution in [0.3, 0.4) is 0 Å². The molecule has 2 aromatic rings. The number of carboxylic acid groups (broad SMARTS) is 8. The number of piperidine rings is 1. The second-order valence-corrected chi connectivity index (χ2v) is 21.6. The third-order valence-electron chi connectivity index (χ3n) is 14.7. The number of nitrogens with one attached hydrogen (secondary N) is 5. The Kier molecular flexibility index (Phi) is 34.8. The maximum atomic E-state index is 12.5. The number of anilines is 4. The van der Waals surface area contributed by atoms with Crippen molar-refractivity contribution >= 4 is 83.2 Å². The number of rotatable bonds is 38. The minimum atomic E-state index is -1.52. The van der Waals surface area contributed by atoms with Gasteiger partial charge in [0.2, 0.25) is 23.8 Å². The number of amides is 3. The molecule has 13 N–H and O–H groups in total. The number of benzene rings is 1. The fraction of sp³-hybridized carbons (Fsp3) is 0.655. The summed E-state index contributed by atoms with van der Waals surface area (Å²) in [6.45, 7) is 1.77. The Labute approximate surface area is 533 Å². The van der Waals surface area contributed by atoms with Crippen LogP contribution in [0.5, 0.6) is 0 Å². The van der Waals surface area contributed by atoms with Crippen molar-refractivity contribution in [2.75, 3.05) is 114 Å². The third kappa shape index (κ3) is 31.6. The molecule has 1 aromatic carbocycles. The molecule has 32 heteroatoms. The number of nitrogens with zero attached hydrogens (tertiary/aromatic N) is 8. The van der Waals surface area contributed by atoms with Gasteiger partial charge in [0.05, 0.1) is 26.2 Å². The average Bonchev–Trinajstić information content (AvgIpc) is 3.64. The molecule has 4 rings (SSSR count). The van der Waals surface area contributed by atoms with Crippen LogP contribution in [0.25, 0.3) is 0 Å². The summed E-state index contributed by atoms with van der Waals surface area (Å²) in [6.07, 6.45) is 7.53. The molecule has 0 aliphatic carbocycles. The Bertz CT molecular complexity index is 2550. The molecule has 87 heavy (non-hydrogen) atoms.